The highest BCUT2D eigenvalue weighted by Crippen LogP contribution is 2.21. The average Bonchev–Trinajstić information content (AvgIpc) is 1.85. The smallest absolute Gasteiger partial charge is 0.345 e. The molecule has 68 valence electrons. The summed E-state index contributed by atoms with van der Waals surface area (Å²) in [4.78, 5) is 9.98. The van der Waals surface area contributed by atoms with Crippen LogP contribution in [0.4, 0.5) is 8.78 Å². The number of ether oxygens (including phenoxy) is 1. The number of carbonyl (C=O) groups is 1. The maximum atomic E-state index is 12.0. The van der Waals surface area contributed by atoms with Crippen molar-refractivity contribution >= 4 is 16.1 Å². The van der Waals surface area contributed by atoms with Crippen LogP contribution in [0.2, 0.25) is 0 Å². The van der Waals surface area contributed by atoms with Crippen LogP contribution in [-0.2, 0) is 19.6 Å². The average molecular weight is 201 g/mol. The molecule has 0 saturated heterocycles. The quantitative estimate of drug-likeness (QED) is 0.366. The van der Waals surface area contributed by atoms with Crippen molar-refractivity contribution in [2.24, 2.45) is 0 Å². The molecule has 9 heteroatoms. The highest BCUT2D eigenvalue weighted by molar-refractivity contribution is 7.87. The van der Waals surface area contributed by atoms with Crippen LogP contribution in [0, 0.1) is 11.5 Å². The molecule has 6 nitrogen and oxygen atoms in total. The second-order valence-corrected chi connectivity index (χ2v) is 2.94. The lowest BCUT2D eigenvalue weighted by Crippen LogP contribution is -2.38. The van der Waals surface area contributed by atoms with E-state index in [1.807, 2.05) is 0 Å². The summed E-state index contributed by atoms with van der Waals surface area (Å²) in [6.07, 6.45) is 0.541. The molecule has 0 spiro atoms. The number of hydrogen-bond donors (Lipinski definition) is 1. The van der Waals surface area contributed by atoms with Crippen LogP contribution in [0.15, 0.2) is 0 Å². The van der Waals surface area contributed by atoms with Gasteiger partial charge in [0.2, 0.25) is 0 Å². The topological polar surface area (TPSA) is 104 Å². The molecule has 0 atom stereocenters. The summed E-state index contributed by atoms with van der Waals surface area (Å²) >= 11 is 0. The maximum Gasteiger partial charge on any atom is 0.467 e. The van der Waals surface area contributed by atoms with Gasteiger partial charge in [0.15, 0.2) is 0 Å². The Kier molecular flexibility index (Phi) is 2.68. The van der Waals surface area contributed by atoms with E-state index in [1.54, 1.807) is 0 Å². The molecule has 12 heavy (non-hydrogen) atoms. The van der Waals surface area contributed by atoms with E-state index < -0.39 is 21.3 Å². The van der Waals surface area contributed by atoms with Crippen LogP contribution >= 0.6 is 0 Å². The van der Waals surface area contributed by atoms with Crippen LogP contribution < -0.4 is 0 Å². The summed E-state index contributed by atoms with van der Waals surface area (Å²) in [6.45, 7) is 0. The zero-order valence-corrected chi connectivity index (χ0v) is 6.01. The minimum absolute atomic E-state index is 0.541. The first-order chi connectivity index (χ1) is 5.23. The standard InChI is InChI=1S/C3HF2NO5S/c4-3(5,12(8,9)10)2(7)11-1-6/h(H,8,9,10). The van der Waals surface area contributed by atoms with Crippen molar-refractivity contribution < 1.29 is 31.3 Å². The minimum Gasteiger partial charge on any atom is -0.345 e. The van der Waals surface area contributed by atoms with Crippen molar-refractivity contribution in [1.82, 2.24) is 0 Å². The van der Waals surface area contributed by atoms with Crippen molar-refractivity contribution in [2.45, 2.75) is 5.25 Å². The van der Waals surface area contributed by atoms with Gasteiger partial charge in [-0.2, -0.15) is 17.2 Å². The minimum atomic E-state index is -5.88. The fourth-order valence-corrected chi connectivity index (χ4v) is 0.458. The van der Waals surface area contributed by atoms with Crippen LogP contribution in [0.1, 0.15) is 0 Å². The first kappa shape index (κ1) is 10.7. The predicted molar refractivity (Wildman–Crippen MR) is 28.2 cm³/mol. The Morgan fingerprint density at radius 2 is 2.00 bits per heavy atom. The molecule has 0 aliphatic carbocycles. The Labute approximate surface area is 65.1 Å². The van der Waals surface area contributed by atoms with E-state index in [9.17, 15) is 22.0 Å². The number of rotatable bonds is 2. The number of nitriles is 1. The molecule has 1 N–H and O–H groups in total. The summed E-state index contributed by atoms with van der Waals surface area (Å²) in [5.74, 6) is -2.65. The fraction of sp³-hybridized carbons (Fsp3) is 0.333. The van der Waals surface area contributed by atoms with Gasteiger partial charge in [0.25, 0.3) is 6.26 Å². The Morgan fingerprint density at radius 3 is 2.25 bits per heavy atom. The number of halogens is 2. The van der Waals surface area contributed by atoms with E-state index in [4.69, 9.17) is 9.81 Å². The van der Waals surface area contributed by atoms with Gasteiger partial charge >= 0.3 is 21.3 Å². The SMILES string of the molecule is N#COC(=O)C(F)(F)S(=O)(=O)O. The molecule has 0 unspecified atom stereocenters. The zero-order chi connectivity index (χ0) is 9.99. The first-order valence-electron chi connectivity index (χ1n) is 2.18. The van der Waals surface area contributed by atoms with Gasteiger partial charge in [0.1, 0.15) is 0 Å². The van der Waals surface area contributed by atoms with Gasteiger partial charge in [-0.3, -0.25) is 4.55 Å². The number of hydrogen-bond acceptors (Lipinski definition) is 5. The molecule has 0 aromatic carbocycles. The Bertz CT molecular complexity index is 327. The van der Waals surface area contributed by atoms with E-state index in [1.165, 1.54) is 0 Å². The predicted octanol–water partition coefficient (Wildman–Crippen LogP) is -0.509. The Hall–Kier alpha value is -1.27. The number of nitrogens with zero attached hydrogens (tertiary/aromatic N) is 1. The maximum absolute atomic E-state index is 12.0. The highest BCUT2D eigenvalue weighted by Gasteiger charge is 2.54. The van der Waals surface area contributed by atoms with E-state index in [-0.39, 0.29) is 0 Å². The number of esters is 1. The van der Waals surface area contributed by atoms with Crippen LogP contribution in [0.25, 0.3) is 0 Å². The monoisotopic (exact) mass is 201 g/mol. The molecular weight excluding hydrogens is 200 g/mol. The third kappa shape index (κ3) is 1.86. The zero-order valence-electron chi connectivity index (χ0n) is 5.19. The molecule has 0 bridgehead atoms. The molecule has 0 aliphatic rings. The van der Waals surface area contributed by atoms with E-state index in [2.05, 4.69) is 4.74 Å². The van der Waals surface area contributed by atoms with Gasteiger partial charge in [0, 0.05) is 0 Å². The molecule has 0 aromatic heterocycles. The molecular formula is C3HF2NO5S. The Balaban J connectivity index is 4.91. The molecule has 0 amide bonds. The van der Waals surface area contributed by atoms with Gasteiger partial charge < -0.3 is 4.74 Å². The third-order valence-electron chi connectivity index (χ3n) is 0.700. The van der Waals surface area contributed by atoms with Gasteiger partial charge in [0.05, 0.1) is 0 Å². The van der Waals surface area contributed by atoms with E-state index >= 15 is 0 Å². The molecule has 0 saturated carbocycles. The van der Waals surface area contributed by atoms with Gasteiger partial charge in [-0.15, -0.1) is 5.26 Å². The molecule has 0 radical (unpaired) electrons. The number of alkyl halides is 2. The highest BCUT2D eigenvalue weighted by atomic mass is 32.2. The first-order valence-corrected chi connectivity index (χ1v) is 3.62. The summed E-state index contributed by atoms with van der Waals surface area (Å²) in [6, 6.07) is 0. The molecule has 0 aliphatic heterocycles. The van der Waals surface area contributed by atoms with Crippen LogP contribution in [0.3, 0.4) is 0 Å². The number of carbonyl (C=O) groups excluding carboxylic acids is 1. The third-order valence-corrected chi connectivity index (χ3v) is 1.51. The van der Waals surface area contributed by atoms with Gasteiger partial charge in [-0.1, -0.05) is 0 Å². The lowest BCUT2D eigenvalue weighted by atomic mass is 10.7. The largest absolute Gasteiger partial charge is 0.467 e. The van der Waals surface area contributed by atoms with Crippen molar-refractivity contribution in [2.75, 3.05) is 0 Å². The summed E-state index contributed by atoms with van der Waals surface area (Å²) in [5, 5.41) is 2.45. The van der Waals surface area contributed by atoms with Crippen LogP contribution in [-0.4, -0.2) is 24.2 Å². The molecule has 0 heterocycles. The second kappa shape index (κ2) is 3.00. The summed E-state index contributed by atoms with van der Waals surface area (Å²) < 4.78 is 54.4. The summed E-state index contributed by atoms with van der Waals surface area (Å²) in [7, 11) is -5.88. The Morgan fingerprint density at radius 1 is 1.58 bits per heavy atom. The summed E-state index contributed by atoms with van der Waals surface area (Å²) in [5.41, 5.74) is 0. The van der Waals surface area contributed by atoms with Crippen molar-refractivity contribution in [3.8, 4) is 6.26 Å². The van der Waals surface area contributed by atoms with Crippen LogP contribution in [0.5, 0.6) is 0 Å². The lowest BCUT2D eigenvalue weighted by Gasteiger charge is -2.06. The van der Waals surface area contributed by atoms with E-state index in [0.29, 0.717) is 6.26 Å². The van der Waals surface area contributed by atoms with Crippen molar-refractivity contribution in [3.63, 3.8) is 0 Å². The lowest BCUT2D eigenvalue weighted by molar-refractivity contribution is -0.154. The molecule has 0 fully saturated rings. The molecule has 0 aromatic rings. The van der Waals surface area contributed by atoms with Crippen molar-refractivity contribution in [3.05, 3.63) is 0 Å². The fourth-order valence-electron chi connectivity index (χ4n) is 0.206. The van der Waals surface area contributed by atoms with E-state index in [0.717, 1.165) is 0 Å². The van der Waals surface area contributed by atoms with Gasteiger partial charge in [-0.05, 0) is 0 Å². The second-order valence-electron chi connectivity index (χ2n) is 1.47. The normalized spacial score (nSPS) is 11.8. The van der Waals surface area contributed by atoms with Gasteiger partial charge in [-0.25, -0.2) is 4.79 Å². The van der Waals surface area contributed by atoms with Crippen molar-refractivity contribution in [1.29, 1.82) is 5.26 Å². The molecule has 0 rings (SSSR count).